The predicted molar refractivity (Wildman–Crippen MR) is 19.2 cm³/mol. The van der Waals surface area contributed by atoms with E-state index >= 15 is 0 Å². The van der Waals surface area contributed by atoms with Gasteiger partial charge in [0, 0.05) is 117 Å². The van der Waals surface area contributed by atoms with Crippen molar-refractivity contribution in [2.24, 2.45) is 0 Å². The Balaban J connectivity index is 0. The van der Waals surface area contributed by atoms with Crippen molar-refractivity contribution in [3.8, 4) is 0 Å². The van der Waals surface area contributed by atoms with Gasteiger partial charge in [0.15, 0.2) is 0 Å². The molecule has 0 aliphatic heterocycles. The summed E-state index contributed by atoms with van der Waals surface area (Å²) in [6, 6.07) is 0. The number of hydrogen-bond acceptors (Lipinski definition) is 0. The molecule has 0 aliphatic carbocycles. The molecule has 0 atom stereocenters. The molecule has 0 heterocycles. The van der Waals surface area contributed by atoms with Gasteiger partial charge in [-0.2, -0.15) is 0 Å². The zero-order valence-corrected chi connectivity index (χ0v) is 15.1. The van der Waals surface area contributed by atoms with Crippen LogP contribution >= 0.6 is 0 Å². The Kier molecular flexibility index (Phi) is 518. The van der Waals surface area contributed by atoms with Gasteiger partial charge in [-0.25, -0.2) is 0 Å². The van der Waals surface area contributed by atoms with Gasteiger partial charge < -0.3 is 22.3 Å². The van der Waals surface area contributed by atoms with Gasteiger partial charge in [0.1, 0.15) is 0 Å². The van der Waals surface area contributed by atoms with Gasteiger partial charge in [-0.05, 0) is 0 Å². The van der Waals surface area contributed by atoms with Crippen LogP contribution in [0.25, 0.3) is 0 Å². The Labute approximate surface area is 136 Å². The molecule has 0 rings (SSSR count). The minimum absolute atomic E-state index is 0. The van der Waals surface area contributed by atoms with Gasteiger partial charge in [-0.1, -0.05) is 0 Å². The summed E-state index contributed by atoms with van der Waals surface area (Å²) in [5.41, 5.74) is 0. The van der Waals surface area contributed by atoms with Crippen LogP contribution in [0, 0.1) is 22.3 Å². The summed E-state index contributed by atoms with van der Waals surface area (Å²) in [5.74, 6) is 0. The van der Waals surface area contributed by atoms with E-state index in [9.17, 15) is 0 Å². The van der Waals surface area contributed by atoms with E-state index in [4.69, 9.17) is 0 Å². The Bertz CT molecular complexity index is 10.1. The average Bonchev–Trinajstić information content (AvgIpc) is 0. The quantitative estimate of drug-likeness (QED) is 0.571. The first kappa shape index (κ1) is 70.3. The van der Waals surface area contributed by atoms with Crippen molar-refractivity contribution < 1.29 is 117 Å². The van der Waals surface area contributed by atoms with Crippen LogP contribution in [-0.4, -0.2) is 0 Å². The molecule has 0 saturated carbocycles. The minimum Gasteiger partial charge on any atom is -0.358 e. The van der Waals surface area contributed by atoms with Gasteiger partial charge in [0.05, 0.1) is 0 Å². The Hall–Kier alpha value is 3.90. The molecular weight excluding hydrogens is 354 g/mol. The molecule has 4 radical (unpaired) electrons. The summed E-state index contributed by atoms with van der Waals surface area (Å²) >= 11 is 0. The van der Waals surface area contributed by atoms with Crippen molar-refractivity contribution in [2.45, 2.75) is 0 Å². The summed E-state index contributed by atoms with van der Waals surface area (Å²) in [4.78, 5) is 0. The van der Waals surface area contributed by atoms with Crippen molar-refractivity contribution in [2.75, 3.05) is 0 Å². The van der Waals surface area contributed by atoms with E-state index in [-0.39, 0.29) is 139 Å². The Morgan fingerprint density at radius 3 is 0.429 bits per heavy atom. The zero-order chi connectivity index (χ0) is 0. The maximum atomic E-state index is 0. The largest absolute Gasteiger partial charge is 0.358 e. The van der Waals surface area contributed by atoms with Crippen LogP contribution in [0.5, 0.6) is 0 Å². The third kappa shape index (κ3) is 40.6. The van der Waals surface area contributed by atoms with Crippen LogP contribution in [0.2, 0.25) is 0 Å². The van der Waals surface area contributed by atoms with Crippen LogP contribution in [-0.2, 0) is 117 Å². The molecule has 38 valence electrons. The molecule has 0 fully saturated rings. The van der Waals surface area contributed by atoms with Gasteiger partial charge in [0.25, 0.3) is 0 Å². The molecule has 0 saturated heterocycles. The normalized spacial score (nSPS) is 0. The van der Waals surface area contributed by atoms with Crippen LogP contribution < -0.4 is 0 Å². The third-order valence-electron chi connectivity index (χ3n) is 0. The van der Waals surface area contributed by atoms with E-state index in [0.29, 0.717) is 0 Å². The second-order valence-corrected chi connectivity index (χ2v) is 0. The predicted octanol–water partition coefficient (Wildman–Crippen LogP) is 1.34. The smallest absolute Gasteiger partial charge is 0 e. The van der Waals surface area contributed by atoms with Gasteiger partial charge in [-0.3, -0.25) is 0 Å². The second kappa shape index (κ2) is 51.6. The molecule has 0 N–H and O–H groups in total. The van der Waals surface area contributed by atoms with Crippen molar-refractivity contribution in [3.05, 3.63) is 22.3 Å². The molecule has 0 aromatic rings. The van der Waals surface area contributed by atoms with Gasteiger partial charge in [-0.15, -0.1) is 0 Å². The summed E-state index contributed by atoms with van der Waals surface area (Å²) < 4.78 is 0. The maximum Gasteiger partial charge on any atom is 0 e. The minimum atomic E-state index is 0. The molecule has 7 heavy (non-hydrogen) atoms. The fourth-order valence-electron chi connectivity index (χ4n) is 0. The summed E-state index contributed by atoms with van der Waals surface area (Å²) in [6.07, 6.45) is 0. The second-order valence-electron chi connectivity index (χ2n) is 0. The topological polar surface area (TPSA) is 0 Å². The molecule has 0 nitrogen and oxygen atoms in total. The number of hydrogen-bond donors (Lipinski definition) is 0. The van der Waals surface area contributed by atoms with Crippen molar-refractivity contribution in [3.63, 3.8) is 0 Å². The summed E-state index contributed by atoms with van der Waals surface area (Å²) in [6.45, 7) is 0. The average molecular weight is 363 g/mol. The Morgan fingerprint density at radius 2 is 0.429 bits per heavy atom. The molecule has 0 spiro atoms. The first-order valence-electron chi connectivity index (χ1n) is 0. The van der Waals surface area contributed by atoms with Crippen molar-refractivity contribution in [1.82, 2.24) is 0 Å². The van der Waals surface area contributed by atoms with Crippen LogP contribution in [0.3, 0.4) is 0 Å². The number of rotatable bonds is 0. The van der Waals surface area contributed by atoms with E-state index in [0.717, 1.165) is 0 Å². The first-order valence-corrected chi connectivity index (χ1v) is 0. The molecule has 0 amide bonds. The first-order chi connectivity index (χ1) is 0. The van der Waals surface area contributed by atoms with Gasteiger partial charge in [0.2, 0.25) is 0 Å². The van der Waals surface area contributed by atoms with Crippen LogP contribution in [0.1, 0.15) is 0 Å². The molecular formula is C3H9VY3-3. The molecule has 0 aromatic carbocycles. The van der Waals surface area contributed by atoms with Crippen LogP contribution in [0.4, 0.5) is 0 Å². The van der Waals surface area contributed by atoms with E-state index in [1.54, 1.807) is 0 Å². The maximum absolute atomic E-state index is 0. The van der Waals surface area contributed by atoms with E-state index in [2.05, 4.69) is 0 Å². The molecule has 0 bridgehead atoms. The van der Waals surface area contributed by atoms with Crippen molar-refractivity contribution >= 4 is 0 Å². The fourth-order valence-corrected chi connectivity index (χ4v) is 0. The summed E-state index contributed by atoms with van der Waals surface area (Å²) in [7, 11) is 0. The monoisotopic (exact) mass is 363 g/mol. The molecule has 0 aliphatic rings. The SMILES string of the molecule is [CH3-].[CH3-].[CH3-].[V].[Y].[Y].[Y]. The standard InChI is InChI=1S/3CH3.V.3Y/h3*1H3;;;;/q3*-1;;;;. The van der Waals surface area contributed by atoms with E-state index < -0.39 is 0 Å². The Morgan fingerprint density at radius 1 is 0.429 bits per heavy atom. The van der Waals surface area contributed by atoms with Gasteiger partial charge >= 0.3 is 0 Å². The van der Waals surface area contributed by atoms with E-state index in [1.807, 2.05) is 0 Å². The summed E-state index contributed by atoms with van der Waals surface area (Å²) in [5, 5.41) is 0. The van der Waals surface area contributed by atoms with Crippen molar-refractivity contribution in [1.29, 1.82) is 0 Å². The van der Waals surface area contributed by atoms with E-state index in [1.165, 1.54) is 0 Å². The third-order valence-corrected chi connectivity index (χ3v) is 0. The fraction of sp³-hybridized carbons (Fsp3) is 0. The zero-order valence-electron chi connectivity index (χ0n) is 5.18. The molecule has 0 aromatic heterocycles. The van der Waals surface area contributed by atoms with Crippen LogP contribution in [0.15, 0.2) is 0 Å². The molecule has 0 unspecified atom stereocenters. The molecule has 4 heteroatoms.